The minimum atomic E-state index is 0.179. The molecule has 28 heavy (non-hydrogen) atoms. The summed E-state index contributed by atoms with van der Waals surface area (Å²) in [6, 6.07) is 8.04. The molecule has 0 spiro atoms. The van der Waals surface area contributed by atoms with E-state index in [1.54, 1.807) is 4.90 Å². The van der Waals surface area contributed by atoms with E-state index in [0.717, 1.165) is 48.8 Å². The van der Waals surface area contributed by atoms with Crippen LogP contribution in [0.15, 0.2) is 30.5 Å². The van der Waals surface area contributed by atoms with Crippen LogP contribution < -0.4 is 4.90 Å². The van der Waals surface area contributed by atoms with E-state index in [2.05, 4.69) is 16.1 Å². The van der Waals surface area contributed by atoms with Crippen LogP contribution in [0.5, 0.6) is 0 Å². The lowest BCUT2D eigenvalue weighted by Gasteiger charge is -2.18. The van der Waals surface area contributed by atoms with Crippen molar-refractivity contribution in [1.29, 1.82) is 5.26 Å². The first-order valence-electron chi connectivity index (χ1n) is 10.1. The number of carbonyl (C=O) groups is 1. The van der Waals surface area contributed by atoms with Gasteiger partial charge in [0, 0.05) is 55.1 Å². The Morgan fingerprint density at radius 1 is 1.21 bits per heavy atom. The van der Waals surface area contributed by atoms with Crippen LogP contribution in [0.2, 0.25) is 0 Å². The first kappa shape index (κ1) is 17.2. The van der Waals surface area contributed by atoms with Crippen LogP contribution in [0, 0.1) is 17.4 Å². The molecule has 0 amide bonds. The van der Waals surface area contributed by atoms with Gasteiger partial charge in [0.15, 0.2) is 12.0 Å². The van der Waals surface area contributed by atoms with Gasteiger partial charge in [0.1, 0.15) is 0 Å². The molecule has 6 heteroatoms. The van der Waals surface area contributed by atoms with Crippen LogP contribution in [0.25, 0.3) is 0 Å². The van der Waals surface area contributed by atoms with Crippen molar-refractivity contribution in [1.82, 2.24) is 14.9 Å². The smallest absolute Gasteiger partial charge is 0.230 e. The molecule has 1 saturated heterocycles. The van der Waals surface area contributed by atoms with E-state index in [1.165, 1.54) is 18.4 Å². The predicted molar refractivity (Wildman–Crippen MR) is 105 cm³/mol. The molecular weight excluding hydrogens is 350 g/mol. The minimum absolute atomic E-state index is 0.179. The maximum absolute atomic E-state index is 12.7. The molecule has 6 nitrogen and oxygen atoms in total. The number of nitriles is 1. The Morgan fingerprint density at radius 2 is 2.11 bits per heavy atom. The van der Waals surface area contributed by atoms with Gasteiger partial charge in [-0.1, -0.05) is 0 Å². The third kappa shape index (κ3) is 3.22. The van der Waals surface area contributed by atoms with Crippen LogP contribution in [0.4, 0.5) is 11.6 Å². The molecule has 2 fully saturated rings. The number of carbonyl (C=O) groups excluding carboxylic acids is 1. The minimum Gasteiger partial charge on any atom is -0.310 e. The third-order valence-corrected chi connectivity index (χ3v) is 6.10. The van der Waals surface area contributed by atoms with Gasteiger partial charge in [0.2, 0.25) is 5.95 Å². The number of benzene rings is 1. The van der Waals surface area contributed by atoms with Crippen molar-refractivity contribution < 1.29 is 4.79 Å². The molecule has 3 heterocycles. The zero-order valence-electron chi connectivity index (χ0n) is 15.8. The lowest BCUT2D eigenvalue weighted by molar-refractivity contribution is 0.0963. The molecule has 0 bridgehead atoms. The number of nitrogens with zero attached hydrogens (tertiary/aromatic N) is 5. The highest BCUT2D eigenvalue weighted by Gasteiger charge is 2.29. The van der Waals surface area contributed by atoms with Gasteiger partial charge >= 0.3 is 0 Å². The van der Waals surface area contributed by atoms with Crippen molar-refractivity contribution in [2.75, 3.05) is 24.5 Å². The van der Waals surface area contributed by atoms with E-state index in [9.17, 15) is 4.79 Å². The van der Waals surface area contributed by atoms with Gasteiger partial charge in [0.25, 0.3) is 0 Å². The SMILES string of the molecule is N#CN1CC[C@@H](CC(=O)c2ccc3c(c2)CCN3c2nccc(C3CC3)n2)C1. The number of rotatable bonds is 5. The predicted octanol–water partition coefficient (Wildman–Crippen LogP) is 3.42. The second kappa shape index (κ2) is 6.90. The van der Waals surface area contributed by atoms with E-state index in [1.807, 2.05) is 30.5 Å². The highest BCUT2D eigenvalue weighted by atomic mass is 16.1. The average molecular weight is 373 g/mol. The normalized spacial score (nSPS) is 20.9. The lowest BCUT2D eigenvalue weighted by Crippen LogP contribution is -2.17. The van der Waals surface area contributed by atoms with Crippen molar-refractivity contribution >= 4 is 17.4 Å². The fraction of sp³-hybridized carbons (Fsp3) is 0.455. The Morgan fingerprint density at radius 3 is 2.89 bits per heavy atom. The highest BCUT2D eigenvalue weighted by Crippen LogP contribution is 2.40. The molecule has 0 unspecified atom stereocenters. The highest BCUT2D eigenvalue weighted by molar-refractivity contribution is 5.97. The zero-order chi connectivity index (χ0) is 19.1. The molecular formula is C22H23N5O. The molecule has 142 valence electrons. The Bertz CT molecular complexity index is 962. The van der Waals surface area contributed by atoms with Crippen molar-refractivity contribution in [3.8, 4) is 6.19 Å². The largest absolute Gasteiger partial charge is 0.310 e. The number of likely N-dealkylation sites (tertiary alicyclic amines) is 1. The molecule has 3 aliphatic rings. The maximum Gasteiger partial charge on any atom is 0.230 e. The van der Waals surface area contributed by atoms with Gasteiger partial charge in [-0.05, 0) is 61.4 Å². The van der Waals surface area contributed by atoms with E-state index in [-0.39, 0.29) is 11.7 Å². The quantitative estimate of drug-likeness (QED) is 0.591. The lowest BCUT2D eigenvalue weighted by atomic mass is 9.96. The van der Waals surface area contributed by atoms with Crippen LogP contribution in [-0.4, -0.2) is 40.3 Å². The van der Waals surface area contributed by atoms with Crippen molar-refractivity contribution in [3.63, 3.8) is 0 Å². The summed E-state index contributed by atoms with van der Waals surface area (Å²) in [6.45, 7) is 2.32. The molecule has 0 N–H and O–H groups in total. The number of hydrogen-bond donors (Lipinski definition) is 0. The van der Waals surface area contributed by atoms with Crippen LogP contribution >= 0.6 is 0 Å². The molecule has 2 aliphatic heterocycles. The Kier molecular flexibility index (Phi) is 4.23. The monoisotopic (exact) mass is 373 g/mol. The van der Waals surface area contributed by atoms with E-state index >= 15 is 0 Å². The summed E-state index contributed by atoms with van der Waals surface area (Å²) in [4.78, 5) is 25.9. The molecule has 1 saturated carbocycles. The molecule has 1 aromatic carbocycles. The van der Waals surface area contributed by atoms with Crippen molar-refractivity contribution in [3.05, 3.63) is 47.3 Å². The van der Waals surface area contributed by atoms with Gasteiger partial charge in [-0.2, -0.15) is 5.26 Å². The summed E-state index contributed by atoms with van der Waals surface area (Å²) in [7, 11) is 0. The molecule has 2 aromatic rings. The summed E-state index contributed by atoms with van der Waals surface area (Å²) in [6.07, 6.45) is 8.84. The molecule has 0 radical (unpaired) electrons. The summed E-state index contributed by atoms with van der Waals surface area (Å²) in [5.41, 5.74) is 4.23. The molecule has 1 aromatic heterocycles. The van der Waals surface area contributed by atoms with Gasteiger partial charge < -0.3 is 9.80 Å². The van der Waals surface area contributed by atoms with Gasteiger partial charge in [-0.25, -0.2) is 9.97 Å². The summed E-state index contributed by atoms with van der Waals surface area (Å²) < 4.78 is 0. The average Bonchev–Trinajstić information content (AvgIpc) is 3.34. The number of anilines is 2. The fourth-order valence-corrected chi connectivity index (χ4v) is 4.35. The second-order valence-corrected chi connectivity index (χ2v) is 8.13. The first-order chi connectivity index (χ1) is 13.7. The topological polar surface area (TPSA) is 73.1 Å². The molecule has 1 aliphatic carbocycles. The zero-order valence-corrected chi connectivity index (χ0v) is 15.8. The summed E-state index contributed by atoms with van der Waals surface area (Å²) in [5.74, 6) is 1.84. The standard InChI is InChI=1S/C22H23N5O/c23-14-26-9-6-15(13-26)11-21(28)18-3-4-20-17(12-18)7-10-27(20)22-24-8-5-19(25-22)16-1-2-16/h3-5,8,12,15-16H,1-2,6-7,9-11,13H2/t15-/m0/s1. The van der Waals surface area contributed by atoms with Crippen LogP contribution in [0.3, 0.4) is 0 Å². The van der Waals surface area contributed by atoms with Gasteiger partial charge in [-0.15, -0.1) is 0 Å². The van der Waals surface area contributed by atoms with E-state index < -0.39 is 0 Å². The van der Waals surface area contributed by atoms with E-state index in [0.29, 0.717) is 18.9 Å². The van der Waals surface area contributed by atoms with Gasteiger partial charge in [0.05, 0.1) is 0 Å². The Balaban J connectivity index is 1.32. The maximum atomic E-state index is 12.7. The number of fused-ring (bicyclic) bond motifs is 1. The molecule has 5 rings (SSSR count). The Labute approximate surface area is 164 Å². The number of aromatic nitrogens is 2. The Hall–Kier alpha value is -2.94. The van der Waals surface area contributed by atoms with Crippen molar-refractivity contribution in [2.24, 2.45) is 5.92 Å². The van der Waals surface area contributed by atoms with Crippen LogP contribution in [0.1, 0.15) is 53.2 Å². The number of Topliss-reactive ketones (excluding diaryl/α,β-unsaturated/α-hetero) is 1. The van der Waals surface area contributed by atoms with Crippen molar-refractivity contribution in [2.45, 2.75) is 38.0 Å². The summed E-state index contributed by atoms with van der Waals surface area (Å²) >= 11 is 0. The van der Waals surface area contributed by atoms with Gasteiger partial charge in [-0.3, -0.25) is 4.79 Å². The third-order valence-electron chi connectivity index (χ3n) is 6.10. The second-order valence-electron chi connectivity index (χ2n) is 8.13. The van der Waals surface area contributed by atoms with E-state index in [4.69, 9.17) is 10.2 Å². The van der Waals surface area contributed by atoms with Crippen LogP contribution in [-0.2, 0) is 6.42 Å². The number of ketones is 1. The summed E-state index contributed by atoms with van der Waals surface area (Å²) in [5, 5.41) is 8.99. The number of hydrogen-bond acceptors (Lipinski definition) is 6. The molecule has 1 atom stereocenters. The fourth-order valence-electron chi connectivity index (χ4n) is 4.35. The first-order valence-corrected chi connectivity index (χ1v) is 10.1.